The van der Waals surface area contributed by atoms with Gasteiger partial charge in [0.15, 0.2) is 0 Å². The van der Waals surface area contributed by atoms with E-state index in [0.717, 1.165) is 67.8 Å². The van der Waals surface area contributed by atoms with Gasteiger partial charge in [-0.3, -0.25) is 0 Å². The van der Waals surface area contributed by atoms with Gasteiger partial charge in [0.05, 0.1) is 11.7 Å². The lowest BCUT2D eigenvalue weighted by molar-refractivity contribution is -0.0757. The van der Waals surface area contributed by atoms with Gasteiger partial charge in [0.2, 0.25) is 0 Å². The molecule has 1 aromatic carbocycles. The van der Waals surface area contributed by atoms with Gasteiger partial charge in [0.25, 0.3) is 0 Å². The summed E-state index contributed by atoms with van der Waals surface area (Å²) in [6.07, 6.45) is 14.2. The van der Waals surface area contributed by atoms with Crippen molar-refractivity contribution in [2.24, 2.45) is 40.4 Å². The van der Waals surface area contributed by atoms with Crippen molar-refractivity contribution in [1.82, 2.24) is 0 Å². The predicted molar refractivity (Wildman–Crippen MR) is 140 cm³/mol. The molecule has 194 valence electrons. The Balaban J connectivity index is 1.27. The van der Waals surface area contributed by atoms with E-state index in [4.69, 9.17) is 0 Å². The van der Waals surface area contributed by atoms with Crippen LogP contribution in [0, 0.1) is 46.2 Å². The zero-order valence-corrected chi connectivity index (χ0v) is 22.4. The first-order valence-corrected chi connectivity index (χ1v) is 14.4. The minimum absolute atomic E-state index is 0.248. The molecule has 0 aliphatic heterocycles. The molecule has 0 bridgehead atoms. The Labute approximate surface area is 212 Å². The topological polar surface area (TPSA) is 40.5 Å². The minimum atomic E-state index is -0.506. The van der Waals surface area contributed by atoms with Crippen LogP contribution in [0.15, 0.2) is 35.9 Å². The third-order valence-electron chi connectivity index (χ3n) is 11.8. The molecule has 2 nitrogen and oxygen atoms in total. The van der Waals surface area contributed by atoms with Crippen molar-refractivity contribution in [2.45, 2.75) is 110 Å². The van der Waals surface area contributed by atoms with Crippen LogP contribution in [0.4, 0.5) is 4.39 Å². The standard InChI is InChI=1S/C32H47FO2/c1-5-32(35)19-18-30(3)23(20-32)9-12-25-27-14-13-26(31(27,4)17-16-28(25)30)21(2)6-15-29(34)22-7-10-24(33)11-8-22/h7-11,21,25-29,34-35H,5-6,12-20H2,1-4H3/t21-,25+,26-,27+,28+,29+,30?,31-,32+/m1/s1. The predicted octanol–water partition coefficient (Wildman–Crippen LogP) is 8.00. The third-order valence-corrected chi connectivity index (χ3v) is 11.8. The second kappa shape index (κ2) is 9.28. The first kappa shape index (κ1) is 25.5. The van der Waals surface area contributed by atoms with Gasteiger partial charge >= 0.3 is 0 Å². The fourth-order valence-corrected chi connectivity index (χ4v) is 9.46. The molecule has 0 radical (unpaired) electrons. The highest BCUT2D eigenvalue weighted by Crippen LogP contribution is 2.67. The quantitative estimate of drug-likeness (QED) is 0.403. The molecule has 4 aliphatic carbocycles. The molecule has 3 saturated carbocycles. The average molecular weight is 483 g/mol. The number of halogens is 1. The summed E-state index contributed by atoms with van der Waals surface area (Å²) in [6.45, 7) is 9.67. The summed E-state index contributed by atoms with van der Waals surface area (Å²) in [7, 11) is 0. The van der Waals surface area contributed by atoms with E-state index in [1.807, 2.05) is 0 Å². The van der Waals surface area contributed by atoms with Crippen LogP contribution in [0.5, 0.6) is 0 Å². The SMILES string of the molecule is CC[C@]1(O)CCC2(C)C(=CC[C@@H]3[C@@H]2CC[C@]2(C)[C@@H]([C@H](C)CC[C@H](O)c4ccc(F)cc4)CC[C@@H]32)C1. The monoisotopic (exact) mass is 482 g/mol. The molecule has 9 atom stereocenters. The molecule has 0 spiro atoms. The van der Waals surface area contributed by atoms with Crippen LogP contribution in [-0.4, -0.2) is 15.8 Å². The maximum absolute atomic E-state index is 13.3. The lowest BCUT2D eigenvalue weighted by atomic mass is 9.46. The first-order valence-electron chi connectivity index (χ1n) is 14.4. The summed E-state index contributed by atoms with van der Waals surface area (Å²) in [5.41, 5.74) is 2.61. The van der Waals surface area contributed by atoms with Crippen LogP contribution in [0.2, 0.25) is 0 Å². The number of hydrogen-bond donors (Lipinski definition) is 2. The van der Waals surface area contributed by atoms with E-state index in [1.165, 1.54) is 44.2 Å². The van der Waals surface area contributed by atoms with Gasteiger partial charge in [-0.1, -0.05) is 51.5 Å². The molecule has 0 aromatic heterocycles. The number of allylic oxidation sites excluding steroid dienone is 1. The number of benzene rings is 1. The van der Waals surface area contributed by atoms with Gasteiger partial charge in [0.1, 0.15) is 5.82 Å². The minimum Gasteiger partial charge on any atom is -0.390 e. The van der Waals surface area contributed by atoms with E-state index in [-0.39, 0.29) is 11.2 Å². The molecule has 0 amide bonds. The zero-order valence-electron chi connectivity index (χ0n) is 22.4. The molecule has 3 fully saturated rings. The molecule has 4 aliphatic rings. The van der Waals surface area contributed by atoms with Crippen molar-refractivity contribution in [2.75, 3.05) is 0 Å². The molecule has 35 heavy (non-hydrogen) atoms. The Kier molecular flexibility index (Phi) is 6.75. The summed E-state index contributed by atoms with van der Waals surface area (Å²) in [6, 6.07) is 6.33. The Morgan fingerprint density at radius 1 is 1.00 bits per heavy atom. The van der Waals surface area contributed by atoms with Crippen LogP contribution in [0.3, 0.4) is 0 Å². The maximum Gasteiger partial charge on any atom is 0.123 e. The van der Waals surface area contributed by atoms with E-state index in [2.05, 4.69) is 33.8 Å². The van der Waals surface area contributed by atoms with Gasteiger partial charge < -0.3 is 10.2 Å². The van der Waals surface area contributed by atoms with Crippen molar-refractivity contribution < 1.29 is 14.6 Å². The third kappa shape index (κ3) is 4.33. The molecular formula is C32H47FO2. The summed E-state index contributed by atoms with van der Waals surface area (Å²) < 4.78 is 13.3. The Bertz CT molecular complexity index is 939. The smallest absolute Gasteiger partial charge is 0.123 e. The van der Waals surface area contributed by atoms with Gasteiger partial charge in [-0.05, 0) is 129 Å². The number of rotatable bonds is 6. The van der Waals surface area contributed by atoms with E-state index in [1.54, 1.807) is 17.7 Å². The highest BCUT2D eigenvalue weighted by Gasteiger charge is 2.59. The lowest BCUT2D eigenvalue weighted by Gasteiger charge is -2.59. The fourth-order valence-electron chi connectivity index (χ4n) is 9.46. The largest absolute Gasteiger partial charge is 0.390 e. The van der Waals surface area contributed by atoms with Crippen molar-refractivity contribution in [3.63, 3.8) is 0 Å². The van der Waals surface area contributed by atoms with Gasteiger partial charge in [-0.2, -0.15) is 0 Å². The lowest BCUT2D eigenvalue weighted by Crippen LogP contribution is -2.52. The Hall–Kier alpha value is -1.19. The van der Waals surface area contributed by atoms with E-state index >= 15 is 0 Å². The van der Waals surface area contributed by atoms with E-state index < -0.39 is 11.7 Å². The number of aliphatic hydroxyl groups is 2. The number of aliphatic hydroxyl groups excluding tert-OH is 1. The zero-order chi connectivity index (χ0) is 25.0. The van der Waals surface area contributed by atoms with Crippen molar-refractivity contribution in [3.05, 3.63) is 47.3 Å². The van der Waals surface area contributed by atoms with Crippen molar-refractivity contribution in [1.29, 1.82) is 0 Å². The van der Waals surface area contributed by atoms with Gasteiger partial charge in [0, 0.05) is 0 Å². The second-order valence-corrected chi connectivity index (χ2v) is 13.4. The van der Waals surface area contributed by atoms with Crippen LogP contribution in [-0.2, 0) is 0 Å². The second-order valence-electron chi connectivity index (χ2n) is 13.4. The Morgan fingerprint density at radius 2 is 1.74 bits per heavy atom. The van der Waals surface area contributed by atoms with Gasteiger partial charge in [-0.25, -0.2) is 4.39 Å². The summed E-state index contributed by atoms with van der Waals surface area (Å²) in [5.74, 6) is 3.44. The number of fused-ring (bicyclic) bond motifs is 5. The first-order chi connectivity index (χ1) is 16.6. The normalized spacial score (nSPS) is 42.4. The molecular weight excluding hydrogens is 435 g/mol. The molecule has 1 aromatic rings. The molecule has 0 saturated heterocycles. The molecule has 5 rings (SSSR count). The molecule has 1 unspecified atom stereocenters. The van der Waals surface area contributed by atoms with Gasteiger partial charge in [-0.15, -0.1) is 0 Å². The van der Waals surface area contributed by atoms with Crippen molar-refractivity contribution in [3.8, 4) is 0 Å². The van der Waals surface area contributed by atoms with Crippen LogP contribution >= 0.6 is 0 Å². The van der Waals surface area contributed by atoms with E-state index in [0.29, 0.717) is 11.3 Å². The average Bonchev–Trinajstić information content (AvgIpc) is 3.20. The van der Waals surface area contributed by atoms with Crippen LogP contribution in [0.25, 0.3) is 0 Å². The molecule has 0 heterocycles. The highest BCUT2D eigenvalue weighted by molar-refractivity contribution is 5.27. The van der Waals surface area contributed by atoms with E-state index in [9.17, 15) is 14.6 Å². The van der Waals surface area contributed by atoms with Crippen LogP contribution in [0.1, 0.15) is 110 Å². The maximum atomic E-state index is 13.3. The van der Waals surface area contributed by atoms with Crippen LogP contribution < -0.4 is 0 Å². The Morgan fingerprint density at radius 3 is 2.46 bits per heavy atom. The summed E-state index contributed by atoms with van der Waals surface area (Å²) in [4.78, 5) is 0. The summed E-state index contributed by atoms with van der Waals surface area (Å²) in [5, 5.41) is 21.7. The summed E-state index contributed by atoms with van der Waals surface area (Å²) >= 11 is 0. The number of hydrogen-bond acceptors (Lipinski definition) is 2. The molecule has 2 N–H and O–H groups in total. The van der Waals surface area contributed by atoms with Crippen molar-refractivity contribution >= 4 is 0 Å². The highest BCUT2D eigenvalue weighted by atomic mass is 19.1. The fraction of sp³-hybridized carbons (Fsp3) is 0.750. The molecule has 3 heteroatoms.